The van der Waals surface area contributed by atoms with Gasteiger partial charge in [-0.15, -0.1) is 11.8 Å². The first kappa shape index (κ1) is 26.3. The van der Waals surface area contributed by atoms with Crippen molar-refractivity contribution in [3.63, 3.8) is 0 Å². The van der Waals surface area contributed by atoms with E-state index in [9.17, 15) is 14.4 Å². The Hall–Kier alpha value is -3.33. The predicted molar refractivity (Wildman–Crippen MR) is 164 cm³/mol. The topological polar surface area (TPSA) is 79.5 Å². The van der Waals surface area contributed by atoms with E-state index in [-0.39, 0.29) is 57.4 Å². The molecule has 5 unspecified atom stereocenters. The number of halogens is 1. The summed E-state index contributed by atoms with van der Waals surface area (Å²) in [5.74, 6) is -0.0435. The van der Waals surface area contributed by atoms with Crippen LogP contribution in [0.4, 0.5) is 5.69 Å². The number of imide groups is 1. The second-order valence-corrected chi connectivity index (χ2v) is 14.3. The Morgan fingerprint density at radius 2 is 1.64 bits per heavy atom. The molecule has 4 aromatic rings. The molecule has 3 aromatic carbocycles. The lowest BCUT2D eigenvalue weighted by atomic mass is 9.68. The number of para-hydroxylation sites is 1. The van der Waals surface area contributed by atoms with E-state index < -0.39 is 0 Å². The second kappa shape index (κ2) is 9.86. The van der Waals surface area contributed by atoms with E-state index in [2.05, 4.69) is 30.1 Å². The Morgan fingerprint density at radius 3 is 2.43 bits per heavy atom. The molecular weight excluding hydrogens is 588 g/mol. The van der Waals surface area contributed by atoms with Gasteiger partial charge in [0.25, 0.3) is 0 Å². The molecule has 42 heavy (non-hydrogen) atoms. The molecule has 2 bridgehead atoms. The highest BCUT2D eigenvalue weighted by atomic mass is 35.5. The summed E-state index contributed by atoms with van der Waals surface area (Å²) in [4.78, 5) is 45.9. The SMILES string of the molecule is Cc1ccccc1COc1ccccc1C1c2sc(=O)[nH]c2SC2C1[C@H]1C[C@@H]2C2C(=O)N(c3ccc(Cl)cc3)C(=O)C21. The molecule has 2 aliphatic heterocycles. The van der Waals surface area contributed by atoms with Crippen LogP contribution in [0.1, 0.15) is 33.9 Å². The Bertz CT molecular complexity index is 1800. The number of aromatic nitrogens is 1. The van der Waals surface area contributed by atoms with E-state index in [4.69, 9.17) is 16.3 Å². The first-order valence-electron chi connectivity index (χ1n) is 14.2. The zero-order valence-corrected chi connectivity index (χ0v) is 25.0. The fourth-order valence-corrected chi connectivity index (χ4v) is 11.0. The quantitative estimate of drug-likeness (QED) is 0.255. The molecule has 2 aliphatic carbocycles. The number of aromatic amines is 1. The third kappa shape index (κ3) is 3.88. The van der Waals surface area contributed by atoms with Crippen molar-refractivity contribution >= 4 is 52.2 Å². The molecule has 1 aromatic heterocycles. The summed E-state index contributed by atoms with van der Waals surface area (Å²) >= 11 is 9.05. The van der Waals surface area contributed by atoms with Gasteiger partial charge in [0.05, 0.1) is 22.5 Å². The summed E-state index contributed by atoms with van der Waals surface area (Å²) in [6, 6.07) is 23.2. The van der Waals surface area contributed by atoms with Gasteiger partial charge >= 0.3 is 4.87 Å². The van der Waals surface area contributed by atoms with E-state index in [1.807, 2.05) is 30.3 Å². The number of amides is 2. The standard InChI is InChI=1S/C33H27ClN2O4S2/c1-16-6-2-3-7-17(16)15-40-23-9-5-4-8-20(23)24-25-21-14-22(28(25)41-30-29(24)42-33(39)35-30)27-26(21)31(37)36(32(27)38)19-12-10-18(34)11-13-19/h2-13,21-22,24-28H,14-15H2,1H3,(H,35,39)/t21-,22-,24?,25?,26?,27?,28?/m1/s1. The maximum Gasteiger partial charge on any atom is 0.305 e. The maximum absolute atomic E-state index is 14.0. The number of fused-ring (bicyclic) bond motifs is 9. The number of thiazole rings is 1. The summed E-state index contributed by atoms with van der Waals surface area (Å²) < 4.78 is 6.49. The number of hydrogen-bond acceptors (Lipinski definition) is 6. The van der Waals surface area contributed by atoms with Gasteiger partial charge in [0.15, 0.2) is 0 Å². The first-order chi connectivity index (χ1) is 20.4. The van der Waals surface area contributed by atoms with Gasteiger partial charge in [-0.3, -0.25) is 19.3 Å². The lowest BCUT2D eigenvalue weighted by Gasteiger charge is -2.43. The van der Waals surface area contributed by atoms with Crippen LogP contribution in [-0.2, 0) is 16.2 Å². The van der Waals surface area contributed by atoms with Gasteiger partial charge < -0.3 is 9.72 Å². The Labute approximate surface area is 256 Å². The molecule has 0 spiro atoms. The van der Waals surface area contributed by atoms with E-state index in [1.54, 1.807) is 36.0 Å². The van der Waals surface area contributed by atoms with Crippen LogP contribution in [0.3, 0.4) is 0 Å². The summed E-state index contributed by atoms with van der Waals surface area (Å²) in [5.41, 5.74) is 3.91. The fourth-order valence-electron chi connectivity index (χ4n) is 8.01. The highest BCUT2D eigenvalue weighted by Crippen LogP contribution is 2.69. The molecule has 212 valence electrons. The van der Waals surface area contributed by atoms with Gasteiger partial charge in [0.2, 0.25) is 11.8 Å². The summed E-state index contributed by atoms with van der Waals surface area (Å²) in [5, 5.41) is 1.57. The number of benzene rings is 3. The normalized spacial score (nSPS) is 29.0. The van der Waals surface area contributed by atoms with Crippen LogP contribution < -0.4 is 14.5 Å². The highest BCUT2D eigenvalue weighted by Gasteiger charge is 2.69. The van der Waals surface area contributed by atoms with E-state index in [0.29, 0.717) is 17.3 Å². The number of H-pyrrole nitrogens is 1. The van der Waals surface area contributed by atoms with Crippen LogP contribution >= 0.6 is 34.7 Å². The number of carbonyl (C=O) groups excluding carboxylic acids is 2. The van der Waals surface area contributed by atoms with Crippen molar-refractivity contribution in [2.75, 3.05) is 4.90 Å². The molecule has 3 heterocycles. The fraction of sp³-hybridized carbons (Fsp3) is 0.303. The molecule has 2 saturated carbocycles. The van der Waals surface area contributed by atoms with Crippen LogP contribution in [0.15, 0.2) is 82.6 Å². The zero-order chi connectivity index (χ0) is 28.7. The van der Waals surface area contributed by atoms with Gasteiger partial charge in [-0.05, 0) is 72.6 Å². The summed E-state index contributed by atoms with van der Waals surface area (Å²) in [6.45, 7) is 2.52. The third-order valence-corrected chi connectivity index (χ3v) is 12.5. The number of ether oxygens (including phenoxy) is 1. The van der Waals surface area contributed by atoms with Crippen molar-refractivity contribution in [2.45, 2.75) is 36.1 Å². The lowest BCUT2D eigenvalue weighted by Crippen LogP contribution is -2.42. The maximum atomic E-state index is 14.0. The van der Waals surface area contributed by atoms with Gasteiger partial charge in [-0.2, -0.15) is 0 Å². The molecule has 4 aliphatic rings. The molecule has 1 saturated heterocycles. The molecular formula is C33H27ClN2O4S2. The number of hydrogen-bond donors (Lipinski definition) is 1. The van der Waals surface area contributed by atoms with Crippen LogP contribution in [0.25, 0.3) is 0 Å². The molecule has 9 heteroatoms. The number of aryl methyl sites for hydroxylation is 1. The predicted octanol–water partition coefficient (Wildman–Crippen LogP) is 6.66. The van der Waals surface area contributed by atoms with Gasteiger partial charge in [-0.25, -0.2) is 0 Å². The smallest absolute Gasteiger partial charge is 0.305 e. The average molecular weight is 615 g/mol. The van der Waals surface area contributed by atoms with E-state index in [0.717, 1.165) is 33.2 Å². The third-order valence-electron chi connectivity index (χ3n) is 9.71. The van der Waals surface area contributed by atoms with Crippen LogP contribution in [-0.4, -0.2) is 22.0 Å². The number of carbonyl (C=O) groups is 2. The molecule has 8 rings (SSSR count). The van der Waals surface area contributed by atoms with E-state index in [1.165, 1.54) is 21.8 Å². The van der Waals surface area contributed by atoms with Crippen molar-refractivity contribution in [2.24, 2.45) is 29.6 Å². The Morgan fingerprint density at radius 1 is 0.929 bits per heavy atom. The molecule has 7 atom stereocenters. The molecule has 2 amide bonds. The van der Waals surface area contributed by atoms with Crippen LogP contribution in [0, 0.1) is 36.5 Å². The minimum Gasteiger partial charge on any atom is -0.489 e. The number of nitrogens with zero attached hydrogens (tertiary/aromatic N) is 1. The molecule has 1 N–H and O–H groups in total. The van der Waals surface area contributed by atoms with Crippen molar-refractivity contribution in [3.05, 3.63) is 109 Å². The number of anilines is 1. The van der Waals surface area contributed by atoms with Gasteiger partial charge in [-0.1, -0.05) is 65.4 Å². The summed E-state index contributed by atoms with van der Waals surface area (Å²) in [6.07, 6.45) is 0.839. The Kier molecular flexibility index (Phi) is 6.18. The first-order valence-corrected chi connectivity index (χ1v) is 16.3. The van der Waals surface area contributed by atoms with Crippen molar-refractivity contribution < 1.29 is 14.3 Å². The van der Waals surface area contributed by atoms with Crippen molar-refractivity contribution in [3.8, 4) is 5.75 Å². The molecule has 6 nitrogen and oxygen atoms in total. The number of rotatable bonds is 5. The lowest BCUT2D eigenvalue weighted by molar-refractivity contribution is -0.123. The minimum atomic E-state index is -0.361. The number of thioether (sulfide) groups is 1. The summed E-state index contributed by atoms with van der Waals surface area (Å²) in [7, 11) is 0. The molecule has 3 fully saturated rings. The minimum absolute atomic E-state index is 0.0334. The highest BCUT2D eigenvalue weighted by molar-refractivity contribution is 8.00. The molecule has 0 radical (unpaired) electrons. The van der Waals surface area contributed by atoms with Crippen LogP contribution in [0.5, 0.6) is 5.75 Å². The average Bonchev–Trinajstić information content (AvgIpc) is 3.72. The Balaban J connectivity index is 1.19. The van der Waals surface area contributed by atoms with Gasteiger partial charge in [0.1, 0.15) is 12.4 Å². The van der Waals surface area contributed by atoms with Gasteiger partial charge in [0, 0.05) is 26.6 Å². The largest absolute Gasteiger partial charge is 0.489 e. The van der Waals surface area contributed by atoms with Crippen LogP contribution in [0.2, 0.25) is 5.02 Å². The zero-order valence-electron chi connectivity index (χ0n) is 22.7. The second-order valence-electron chi connectivity index (χ2n) is 11.7. The van der Waals surface area contributed by atoms with E-state index >= 15 is 0 Å². The monoisotopic (exact) mass is 614 g/mol. The number of nitrogens with one attached hydrogen (secondary N) is 1. The van der Waals surface area contributed by atoms with Crippen molar-refractivity contribution in [1.82, 2.24) is 4.98 Å². The van der Waals surface area contributed by atoms with Crippen molar-refractivity contribution in [1.29, 1.82) is 0 Å².